The highest BCUT2D eigenvalue weighted by atomic mass is 15.1. The lowest BCUT2D eigenvalue weighted by atomic mass is 9.67. The van der Waals surface area contributed by atoms with E-state index in [-0.39, 0.29) is 0 Å². The van der Waals surface area contributed by atoms with Crippen LogP contribution in [0.1, 0.15) is 65.0 Å². The fourth-order valence-corrected chi connectivity index (χ4v) is 12.8. The molecule has 0 aliphatic heterocycles. The third kappa shape index (κ3) is 6.67. The molecular formula is C67H53N. The van der Waals surface area contributed by atoms with E-state index < -0.39 is 5.41 Å². The molecule has 1 heteroatoms. The summed E-state index contributed by atoms with van der Waals surface area (Å²) in [5.74, 6) is 2.56. The third-order valence-corrected chi connectivity index (χ3v) is 16.0. The Morgan fingerprint density at radius 1 is 0.397 bits per heavy atom. The predicted molar refractivity (Wildman–Crippen MR) is 285 cm³/mol. The highest BCUT2D eigenvalue weighted by Gasteiger charge is 2.47. The molecule has 1 nitrogen and oxygen atoms in total. The van der Waals surface area contributed by atoms with Crippen molar-refractivity contribution >= 4 is 27.8 Å². The molecule has 10 aromatic carbocycles. The number of benzene rings is 10. The van der Waals surface area contributed by atoms with Crippen molar-refractivity contribution in [1.29, 1.82) is 0 Å². The fourth-order valence-electron chi connectivity index (χ4n) is 12.8. The Kier molecular flexibility index (Phi) is 9.86. The van der Waals surface area contributed by atoms with E-state index in [0.717, 1.165) is 34.8 Å². The summed E-state index contributed by atoms with van der Waals surface area (Å²) in [6.07, 6.45) is 5.65. The molecule has 326 valence electrons. The molecule has 0 aromatic heterocycles. The lowest BCUT2D eigenvalue weighted by molar-refractivity contribution is 0.420. The Bertz CT molecular complexity index is 3400. The van der Waals surface area contributed by atoms with Gasteiger partial charge in [-0.3, -0.25) is 0 Å². The van der Waals surface area contributed by atoms with Crippen LogP contribution in [0, 0.1) is 18.8 Å². The second-order valence-electron chi connectivity index (χ2n) is 19.7. The zero-order valence-corrected chi connectivity index (χ0v) is 38.5. The largest absolute Gasteiger partial charge is 0.310 e. The smallest absolute Gasteiger partial charge is 0.0714 e. The quantitative estimate of drug-likeness (QED) is 0.140. The lowest BCUT2D eigenvalue weighted by Crippen LogP contribution is -2.28. The van der Waals surface area contributed by atoms with Crippen molar-refractivity contribution in [2.45, 2.75) is 43.9 Å². The Labute approximate surface area is 401 Å². The van der Waals surface area contributed by atoms with E-state index in [1.54, 1.807) is 0 Å². The molecule has 10 aromatic rings. The summed E-state index contributed by atoms with van der Waals surface area (Å²) < 4.78 is 0. The molecule has 3 atom stereocenters. The molecule has 0 heterocycles. The van der Waals surface area contributed by atoms with Crippen molar-refractivity contribution in [3.8, 4) is 44.5 Å². The average Bonchev–Trinajstić information content (AvgIpc) is 4.13. The van der Waals surface area contributed by atoms with Gasteiger partial charge in [0.1, 0.15) is 0 Å². The number of rotatable bonds is 9. The number of fused-ring (bicyclic) bond motifs is 6. The molecule has 2 bridgehead atoms. The maximum atomic E-state index is 2.49. The first kappa shape index (κ1) is 40.5. The molecule has 0 N–H and O–H groups in total. The summed E-state index contributed by atoms with van der Waals surface area (Å²) in [6.45, 7) is 2.27. The van der Waals surface area contributed by atoms with Gasteiger partial charge in [0.2, 0.25) is 0 Å². The van der Waals surface area contributed by atoms with E-state index in [4.69, 9.17) is 0 Å². The topological polar surface area (TPSA) is 3.24 Å². The van der Waals surface area contributed by atoms with E-state index in [2.05, 4.69) is 248 Å². The van der Waals surface area contributed by atoms with E-state index in [1.807, 2.05) is 0 Å². The zero-order valence-electron chi connectivity index (χ0n) is 38.5. The molecule has 2 saturated carbocycles. The lowest BCUT2D eigenvalue weighted by Gasteiger charge is -2.35. The van der Waals surface area contributed by atoms with Gasteiger partial charge in [0.15, 0.2) is 0 Å². The Balaban J connectivity index is 0.959. The van der Waals surface area contributed by atoms with Gasteiger partial charge in [-0.2, -0.15) is 0 Å². The number of anilines is 3. The van der Waals surface area contributed by atoms with E-state index in [0.29, 0.717) is 0 Å². The van der Waals surface area contributed by atoms with E-state index in [1.165, 1.54) is 114 Å². The summed E-state index contributed by atoms with van der Waals surface area (Å²) in [5, 5.41) is 2.48. The van der Waals surface area contributed by atoms with Crippen LogP contribution in [-0.2, 0) is 5.41 Å². The Morgan fingerprint density at radius 3 is 1.50 bits per heavy atom. The van der Waals surface area contributed by atoms with Crippen molar-refractivity contribution < 1.29 is 0 Å². The summed E-state index contributed by atoms with van der Waals surface area (Å²) in [4.78, 5) is 2.46. The third-order valence-electron chi connectivity index (χ3n) is 16.0. The van der Waals surface area contributed by atoms with Crippen LogP contribution in [0.5, 0.6) is 0 Å². The number of nitrogens with zero attached hydrogens (tertiary/aromatic N) is 1. The van der Waals surface area contributed by atoms with Gasteiger partial charge in [-0.15, -0.1) is 0 Å². The minimum atomic E-state index is -0.511. The van der Waals surface area contributed by atoms with Gasteiger partial charge >= 0.3 is 0 Å². The molecule has 0 amide bonds. The molecule has 13 rings (SSSR count). The second kappa shape index (κ2) is 16.5. The normalized spacial score (nSPS) is 17.5. The van der Waals surface area contributed by atoms with Crippen LogP contribution in [0.3, 0.4) is 0 Å². The van der Waals surface area contributed by atoms with Crippen LogP contribution in [0.15, 0.2) is 237 Å². The highest BCUT2D eigenvalue weighted by Crippen LogP contribution is 2.58. The molecule has 68 heavy (non-hydrogen) atoms. The maximum Gasteiger partial charge on any atom is 0.0714 e. The fraction of sp³-hybridized carbons (Fsp3) is 0.134. The number of aryl methyl sites for hydroxylation is 1. The minimum Gasteiger partial charge on any atom is -0.310 e. The summed E-state index contributed by atoms with van der Waals surface area (Å²) in [6, 6.07) is 88.7. The molecule has 3 aliphatic carbocycles. The van der Waals surface area contributed by atoms with Crippen LogP contribution >= 0.6 is 0 Å². The molecule has 0 radical (unpaired) electrons. The molecular weight excluding hydrogens is 819 g/mol. The monoisotopic (exact) mass is 871 g/mol. The molecule has 3 unspecified atom stereocenters. The van der Waals surface area contributed by atoms with Crippen LogP contribution in [0.4, 0.5) is 17.1 Å². The highest BCUT2D eigenvalue weighted by molar-refractivity contribution is 5.97. The SMILES string of the molecule is Cc1cccc2c1-c1ccc(N(c3ccc(-c4ccc(C5CC6CCC5C6)cc4)cc3)c3ccc(-c4cc5ccccc5cc4-c4ccccc4)cc3)cc1C2(c1ccccc1)c1ccccc1. The molecule has 3 aliphatic rings. The van der Waals surface area contributed by atoms with Crippen molar-refractivity contribution in [1.82, 2.24) is 0 Å². The van der Waals surface area contributed by atoms with Gasteiger partial charge in [0.25, 0.3) is 0 Å². The van der Waals surface area contributed by atoms with Crippen LogP contribution < -0.4 is 4.90 Å². The van der Waals surface area contributed by atoms with Gasteiger partial charge in [0.05, 0.1) is 5.41 Å². The summed E-state index contributed by atoms with van der Waals surface area (Å²) in [7, 11) is 0. The first-order valence-corrected chi connectivity index (χ1v) is 24.7. The van der Waals surface area contributed by atoms with E-state index in [9.17, 15) is 0 Å². The Morgan fingerprint density at radius 2 is 0.926 bits per heavy atom. The Hall–Kier alpha value is -7.74. The van der Waals surface area contributed by atoms with Crippen molar-refractivity contribution in [2.75, 3.05) is 4.90 Å². The van der Waals surface area contributed by atoms with Crippen molar-refractivity contribution in [2.24, 2.45) is 11.8 Å². The van der Waals surface area contributed by atoms with Crippen LogP contribution in [-0.4, -0.2) is 0 Å². The molecule has 0 saturated heterocycles. The first-order chi connectivity index (χ1) is 33.6. The molecule has 0 spiro atoms. The first-order valence-electron chi connectivity index (χ1n) is 24.7. The zero-order chi connectivity index (χ0) is 45.2. The van der Waals surface area contributed by atoms with Gasteiger partial charge < -0.3 is 4.90 Å². The van der Waals surface area contributed by atoms with Crippen LogP contribution in [0.2, 0.25) is 0 Å². The summed E-state index contributed by atoms with van der Waals surface area (Å²) >= 11 is 0. The molecule has 2 fully saturated rings. The van der Waals surface area contributed by atoms with E-state index >= 15 is 0 Å². The van der Waals surface area contributed by atoms with Gasteiger partial charge in [0, 0.05) is 17.1 Å². The van der Waals surface area contributed by atoms with Gasteiger partial charge in [-0.1, -0.05) is 194 Å². The predicted octanol–water partition coefficient (Wildman–Crippen LogP) is 17.9. The van der Waals surface area contributed by atoms with Gasteiger partial charge in [-0.05, 0) is 181 Å². The number of hydrogen-bond donors (Lipinski definition) is 0. The maximum absolute atomic E-state index is 2.49. The average molecular weight is 872 g/mol. The van der Waals surface area contributed by atoms with Crippen LogP contribution in [0.25, 0.3) is 55.3 Å². The van der Waals surface area contributed by atoms with Gasteiger partial charge in [-0.25, -0.2) is 0 Å². The van der Waals surface area contributed by atoms with Crippen molar-refractivity contribution in [3.63, 3.8) is 0 Å². The summed E-state index contributed by atoms with van der Waals surface area (Å²) in [5.41, 5.74) is 20.8. The number of hydrogen-bond acceptors (Lipinski definition) is 1. The standard InChI is InChI=1S/C67H53N/c1-45-14-13-23-64-66(45)60-39-38-59(44-65(60)67(64,55-19-7-3-8-20-55)56-21-9-4-10-22-56)68(57-34-30-48(31-35-57)47-26-28-50(29-27-47)61-41-46-24-25-54(61)40-46)58-36-32-51(33-37-58)63-43-53-18-12-11-17-52(53)42-62(63)49-15-5-2-6-16-49/h2-23,26-39,42-44,46,54,61H,24-25,40-41H2,1H3. The van der Waals surface area contributed by atoms with Crippen molar-refractivity contribution in [3.05, 3.63) is 270 Å². The minimum absolute atomic E-state index is 0.511. The second-order valence-corrected chi connectivity index (χ2v) is 19.7.